The predicted molar refractivity (Wildman–Crippen MR) is 74.9 cm³/mol. The second kappa shape index (κ2) is 4.31. The first-order chi connectivity index (χ1) is 10.2. The highest BCUT2D eigenvalue weighted by Crippen LogP contribution is 2.41. The van der Waals surface area contributed by atoms with Gasteiger partial charge in [0, 0.05) is 0 Å². The number of hydrogen-bond acceptors (Lipinski definition) is 6. The van der Waals surface area contributed by atoms with Gasteiger partial charge in [-0.3, -0.25) is 0 Å². The molecule has 0 atom stereocenters. The zero-order valence-electron chi connectivity index (χ0n) is 11.3. The molecular formula is C15H12N2O4. The van der Waals surface area contributed by atoms with E-state index in [2.05, 4.69) is 5.16 Å². The van der Waals surface area contributed by atoms with Crippen LogP contribution in [0.3, 0.4) is 0 Å². The highest BCUT2D eigenvalue weighted by Gasteiger charge is 2.22. The van der Waals surface area contributed by atoms with E-state index in [0.29, 0.717) is 28.5 Å². The number of furan rings is 1. The third-order valence-electron chi connectivity index (χ3n) is 3.35. The molecule has 21 heavy (non-hydrogen) atoms. The number of nitrogens with two attached hydrogens (primary N) is 1. The normalized spacial score (nSPS) is 12.8. The first kappa shape index (κ1) is 11.9. The molecule has 1 aliphatic heterocycles. The molecule has 4 rings (SSSR count). The Morgan fingerprint density at radius 2 is 1.95 bits per heavy atom. The number of anilines is 1. The molecule has 0 amide bonds. The number of ether oxygens (including phenoxy) is 2. The topological polar surface area (TPSA) is 83.7 Å². The van der Waals surface area contributed by atoms with Crippen LogP contribution in [0.4, 0.5) is 5.88 Å². The Morgan fingerprint density at radius 1 is 1.10 bits per heavy atom. The van der Waals surface area contributed by atoms with Crippen molar-refractivity contribution < 1.29 is 18.4 Å². The summed E-state index contributed by atoms with van der Waals surface area (Å²) < 4.78 is 21.4. The lowest BCUT2D eigenvalue weighted by molar-refractivity contribution is 0.174. The van der Waals surface area contributed by atoms with Crippen LogP contribution in [-0.4, -0.2) is 11.9 Å². The molecule has 0 aliphatic carbocycles. The second-order valence-corrected chi connectivity index (χ2v) is 4.75. The van der Waals surface area contributed by atoms with E-state index in [1.165, 1.54) is 0 Å². The van der Waals surface area contributed by atoms with Crippen molar-refractivity contribution in [1.29, 1.82) is 0 Å². The fourth-order valence-electron chi connectivity index (χ4n) is 2.36. The highest BCUT2D eigenvalue weighted by atomic mass is 16.7. The van der Waals surface area contributed by atoms with Crippen molar-refractivity contribution in [2.75, 3.05) is 12.5 Å². The minimum atomic E-state index is 0.224. The molecule has 1 aromatic carbocycles. The van der Waals surface area contributed by atoms with Crippen molar-refractivity contribution in [1.82, 2.24) is 5.16 Å². The lowest BCUT2D eigenvalue weighted by atomic mass is 10.0. The van der Waals surface area contributed by atoms with Gasteiger partial charge in [-0.05, 0) is 36.8 Å². The Balaban J connectivity index is 1.87. The summed E-state index contributed by atoms with van der Waals surface area (Å²) in [5.41, 5.74) is 8.01. The Kier molecular flexibility index (Phi) is 2.44. The summed E-state index contributed by atoms with van der Waals surface area (Å²) in [6.45, 7) is 2.09. The molecule has 0 unspecified atom stereocenters. The average Bonchev–Trinajstić information content (AvgIpc) is 3.17. The first-order valence-corrected chi connectivity index (χ1v) is 6.44. The number of aromatic nitrogens is 1. The molecule has 6 heteroatoms. The predicted octanol–water partition coefficient (Wildman–Crippen LogP) is 3.22. The summed E-state index contributed by atoms with van der Waals surface area (Å²) in [4.78, 5) is 0. The van der Waals surface area contributed by atoms with E-state index in [0.717, 1.165) is 11.3 Å². The largest absolute Gasteiger partial charge is 0.460 e. The van der Waals surface area contributed by atoms with Crippen molar-refractivity contribution in [2.24, 2.45) is 0 Å². The van der Waals surface area contributed by atoms with Crippen LogP contribution in [-0.2, 0) is 0 Å². The average molecular weight is 284 g/mol. The van der Waals surface area contributed by atoms with Crippen LogP contribution >= 0.6 is 0 Å². The van der Waals surface area contributed by atoms with Crippen LogP contribution in [0.1, 0.15) is 5.76 Å². The van der Waals surface area contributed by atoms with Crippen molar-refractivity contribution in [2.45, 2.75) is 6.92 Å². The number of fused-ring (bicyclic) bond motifs is 1. The standard InChI is InChI=1S/C15H12N2O4/c1-8-2-4-11(20-8)14-13(15(16)21-17-14)9-3-5-10-12(6-9)19-7-18-10/h2-6H,7,16H2,1H3. The van der Waals surface area contributed by atoms with Gasteiger partial charge in [0.15, 0.2) is 23.0 Å². The van der Waals surface area contributed by atoms with E-state index in [4.69, 9.17) is 24.1 Å². The van der Waals surface area contributed by atoms with E-state index in [9.17, 15) is 0 Å². The van der Waals surface area contributed by atoms with Crippen molar-refractivity contribution in [3.63, 3.8) is 0 Å². The van der Waals surface area contributed by atoms with Gasteiger partial charge in [-0.1, -0.05) is 11.2 Å². The summed E-state index contributed by atoms with van der Waals surface area (Å²) in [7, 11) is 0. The lowest BCUT2D eigenvalue weighted by Crippen LogP contribution is -1.92. The molecule has 2 aromatic heterocycles. The fraction of sp³-hybridized carbons (Fsp3) is 0.133. The second-order valence-electron chi connectivity index (χ2n) is 4.75. The summed E-state index contributed by atoms with van der Waals surface area (Å²) in [5.74, 6) is 3.03. The van der Waals surface area contributed by atoms with E-state index in [1.54, 1.807) is 0 Å². The minimum Gasteiger partial charge on any atom is -0.460 e. The summed E-state index contributed by atoms with van der Waals surface area (Å²) in [6, 6.07) is 9.27. The maximum absolute atomic E-state index is 5.92. The quantitative estimate of drug-likeness (QED) is 0.777. The Hall–Kier alpha value is -2.89. The molecule has 0 saturated heterocycles. The Morgan fingerprint density at radius 3 is 2.76 bits per heavy atom. The maximum atomic E-state index is 5.92. The summed E-state index contributed by atoms with van der Waals surface area (Å²) in [6.07, 6.45) is 0. The Bertz CT molecular complexity index is 819. The molecule has 0 bridgehead atoms. The van der Waals surface area contributed by atoms with Gasteiger partial charge in [-0.2, -0.15) is 0 Å². The van der Waals surface area contributed by atoms with Crippen LogP contribution in [0.25, 0.3) is 22.6 Å². The van der Waals surface area contributed by atoms with E-state index in [-0.39, 0.29) is 12.7 Å². The smallest absolute Gasteiger partial charge is 0.231 e. The van der Waals surface area contributed by atoms with Gasteiger partial charge >= 0.3 is 0 Å². The number of rotatable bonds is 2. The maximum Gasteiger partial charge on any atom is 0.231 e. The summed E-state index contributed by atoms with van der Waals surface area (Å²) >= 11 is 0. The van der Waals surface area contributed by atoms with Crippen LogP contribution in [0.2, 0.25) is 0 Å². The third-order valence-corrected chi connectivity index (χ3v) is 3.35. The Labute approximate surface area is 120 Å². The lowest BCUT2D eigenvalue weighted by Gasteiger charge is -2.03. The molecule has 0 spiro atoms. The number of benzene rings is 1. The fourth-order valence-corrected chi connectivity index (χ4v) is 2.36. The van der Waals surface area contributed by atoms with Crippen LogP contribution < -0.4 is 15.2 Å². The van der Waals surface area contributed by atoms with E-state index < -0.39 is 0 Å². The number of nitrogen functional groups attached to an aromatic ring is 1. The van der Waals surface area contributed by atoms with Crippen molar-refractivity contribution >= 4 is 5.88 Å². The molecular weight excluding hydrogens is 272 g/mol. The van der Waals surface area contributed by atoms with Gasteiger partial charge in [-0.25, -0.2) is 0 Å². The zero-order valence-corrected chi connectivity index (χ0v) is 11.3. The van der Waals surface area contributed by atoms with Crippen molar-refractivity contribution in [3.8, 4) is 34.1 Å². The van der Waals surface area contributed by atoms with Gasteiger partial charge in [0.1, 0.15) is 5.76 Å². The third kappa shape index (κ3) is 1.84. The van der Waals surface area contributed by atoms with Crippen LogP contribution in [0.15, 0.2) is 39.3 Å². The molecule has 1 aliphatic rings. The SMILES string of the molecule is Cc1ccc(-c2noc(N)c2-c2ccc3c(c2)OCO3)o1. The molecule has 3 heterocycles. The molecule has 106 valence electrons. The monoisotopic (exact) mass is 284 g/mol. The number of aryl methyl sites for hydroxylation is 1. The van der Waals surface area contributed by atoms with Crippen LogP contribution in [0.5, 0.6) is 11.5 Å². The summed E-state index contributed by atoms with van der Waals surface area (Å²) in [5, 5.41) is 4.00. The van der Waals surface area contributed by atoms with Gasteiger partial charge in [0.2, 0.25) is 12.7 Å². The van der Waals surface area contributed by atoms with Gasteiger partial charge in [-0.15, -0.1) is 0 Å². The number of nitrogens with zero attached hydrogens (tertiary/aromatic N) is 1. The van der Waals surface area contributed by atoms with E-state index in [1.807, 2.05) is 37.3 Å². The van der Waals surface area contributed by atoms with Gasteiger partial charge in [0.05, 0.1) is 5.56 Å². The molecule has 3 aromatic rings. The van der Waals surface area contributed by atoms with Gasteiger partial charge in [0.25, 0.3) is 0 Å². The highest BCUT2D eigenvalue weighted by molar-refractivity contribution is 5.86. The first-order valence-electron chi connectivity index (χ1n) is 6.44. The molecule has 2 N–H and O–H groups in total. The van der Waals surface area contributed by atoms with Gasteiger partial charge < -0.3 is 24.1 Å². The molecule has 0 saturated carbocycles. The molecule has 0 radical (unpaired) electrons. The molecule has 6 nitrogen and oxygen atoms in total. The zero-order chi connectivity index (χ0) is 14.4. The van der Waals surface area contributed by atoms with Crippen LogP contribution in [0, 0.1) is 6.92 Å². The number of hydrogen-bond donors (Lipinski definition) is 1. The van der Waals surface area contributed by atoms with Crippen molar-refractivity contribution in [3.05, 3.63) is 36.1 Å². The minimum absolute atomic E-state index is 0.224. The molecule has 0 fully saturated rings. The van der Waals surface area contributed by atoms with E-state index >= 15 is 0 Å².